The normalized spacial score (nSPS) is 7.40. The molecule has 1 aromatic carbocycles. The molecule has 15 heavy (non-hydrogen) atoms. The lowest BCUT2D eigenvalue weighted by molar-refractivity contribution is 1.46. The molecule has 0 bridgehead atoms. The minimum absolute atomic E-state index is 1.15. The molecule has 0 radical (unpaired) electrons. The first-order valence-electron chi connectivity index (χ1n) is 5.90. The van der Waals surface area contributed by atoms with Gasteiger partial charge < -0.3 is 0 Å². The molecule has 0 aliphatic heterocycles. The zero-order chi connectivity index (χ0) is 12.5. The van der Waals surface area contributed by atoms with Crippen molar-refractivity contribution in [3.63, 3.8) is 0 Å². The SMILES string of the molecule is CC.CC.CC.CN=Cc1ccccc1. The van der Waals surface area contributed by atoms with Crippen LogP contribution in [0, 0.1) is 0 Å². The quantitative estimate of drug-likeness (QED) is 0.588. The van der Waals surface area contributed by atoms with Crippen LogP contribution >= 0.6 is 0 Å². The van der Waals surface area contributed by atoms with E-state index in [0.717, 1.165) is 5.56 Å². The van der Waals surface area contributed by atoms with Gasteiger partial charge in [0.2, 0.25) is 0 Å². The van der Waals surface area contributed by atoms with Gasteiger partial charge in [0.05, 0.1) is 0 Å². The summed E-state index contributed by atoms with van der Waals surface area (Å²) in [5.41, 5.74) is 1.15. The Morgan fingerprint density at radius 1 is 0.800 bits per heavy atom. The number of hydrogen-bond donors (Lipinski definition) is 0. The molecule has 0 aliphatic rings. The third-order valence-corrected chi connectivity index (χ3v) is 1.08. The number of hydrogen-bond acceptors (Lipinski definition) is 1. The molecule has 0 saturated heterocycles. The van der Waals surface area contributed by atoms with Gasteiger partial charge in [-0.2, -0.15) is 0 Å². The second-order valence-corrected chi connectivity index (χ2v) is 1.80. The van der Waals surface area contributed by atoms with E-state index in [1.807, 2.05) is 78.1 Å². The first-order valence-corrected chi connectivity index (χ1v) is 5.90. The Kier molecular flexibility index (Phi) is 29.9. The molecule has 1 rings (SSSR count). The molecule has 0 N–H and O–H groups in total. The van der Waals surface area contributed by atoms with Gasteiger partial charge in [-0.1, -0.05) is 71.9 Å². The molecule has 0 fully saturated rings. The number of aliphatic imine (C=N–C) groups is 1. The topological polar surface area (TPSA) is 12.4 Å². The second-order valence-electron chi connectivity index (χ2n) is 1.80. The van der Waals surface area contributed by atoms with Gasteiger partial charge >= 0.3 is 0 Å². The van der Waals surface area contributed by atoms with Gasteiger partial charge in [-0.15, -0.1) is 0 Å². The van der Waals surface area contributed by atoms with Gasteiger partial charge in [-0.25, -0.2) is 0 Å². The summed E-state index contributed by atoms with van der Waals surface area (Å²) < 4.78 is 0. The molecular formula is C14H27N. The fourth-order valence-corrected chi connectivity index (χ4v) is 0.688. The summed E-state index contributed by atoms with van der Waals surface area (Å²) in [5, 5.41) is 0. The summed E-state index contributed by atoms with van der Waals surface area (Å²) in [4.78, 5) is 3.88. The predicted molar refractivity (Wildman–Crippen MR) is 74.0 cm³/mol. The summed E-state index contributed by atoms with van der Waals surface area (Å²) >= 11 is 0. The van der Waals surface area contributed by atoms with Crippen molar-refractivity contribution in [3.05, 3.63) is 35.9 Å². The Bertz CT molecular complexity index is 190. The monoisotopic (exact) mass is 209 g/mol. The zero-order valence-corrected chi connectivity index (χ0v) is 11.4. The summed E-state index contributed by atoms with van der Waals surface area (Å²) in [5.74, 6) is 0. The Labute approximate surface area is 96.3 Å². The van der Waals surface area contributed by atoms with Gasteiger partial charge in [-0.3, -0.25) is 4.99 Å². The maximum atomic E-state index is 3.88. The predicted octanol–water partition coefficient (Wildman–Crippen LogP) is 4.81. The van der Waals surface area contributed by atoms with Crippen molar-refractivity contribution in [2.24, 2.45) is 4.99 Å². The third kappa shape index (κ3) is 15.6. The van der Waals surface area contributed by atoms with Crippen LogP contribution in [0.25, 0.3) is 0 Å². The van der Waals surface area contributed by atoms with Crippen LogP contribution in [0.3, 0.4) is 0 Å². The van der Waals surface area contributed by atoms with Crippen LogP contribution in [0.5, 0.6) is 0 Å². The van der Waals surface area contributed by atoms with E-state index >= 15 is 0 Å². The van der Waals surface area contributed by atoms with Crippen LogP contribution in [0.1, 0.15) is 47.1 Å². The fourth-order valence-electron chi connectivity index (χ4n) is 0.688. The zero-order valence-electron chi connectivity index (χ0n) is 11.4. The van der Waals surface area contributed by atoms with Gasteiger partial charge in [0, 0.05) is 13.3 Å². The molecule has 1 aromatic rings. The molecule has 0 aromatic heterocycles. The summed E-state index contributed by atoms with van der Waals surface area (Å²) in [6.07, 6.45) is 1.83. The molecular weight excluding hydrogens is 182 g/mol. The number of rotatable bonds is 1. The van der Waals surface area contributed by atoms with E-state index in [1.54, 1.807) is 7.05 Å². The van der Waals surface area contributed by atoms with E-state index in [-0.39, 0.29) is 0 Å². The van der Waals surface area contributed by atoms with Crippen molar-refractivity contribution in [3.8, 4) is 0 Å². The average molecular weight is 209 g/mol. The summed E-state index contributed by atoms with van der Waals surface area (Å²) in [7, 11) is 1.77. The van der Waals surface area contributed by atoms with E-state index < -0.39 is 0 Å². The van der Waals surface area contributed by atoms with Crippen LogP contribution in [0.15, 0.2) is 35.3 Å². The lowest BCUT2D eigenvalue weighted by Gasteiger charge is -1.86. The smallest absolute Gasteiger partial charge is 0.0281 e. The highest BCUT2D eigenvalue weighted by molar-refractivity contribution is 5.79. The minimum Gasteiger partial charge on any atom is -0.296 e. The molecule has 0 atom stereocenters. The maximum absolute atomic E-state index is 3.88. The molecule has 0 saturated carbocycles. The van der Waals surface area contributed by atoms with Crippen molar-refractivity contribution in [1.82, 2.24) is 0 Å². The average Bonchev–Trinajstić information content (AvgIpc) is 2.38. The van der Waals surface area contributed by atoms with Crippen LogP contribution in [0.4, 0.5) is 0 Å². The van der Waals surface area contributed by atoms with Crippen LogP contribution in [0.2, 0.25) is 0 Å². The molecule has 0 amide bonds. The standard InChI is InChI=1S/C8H9N.3C2H6/c1-9-7-8-5-3-2-4-6-8;3*1-2/h2-7H,1H3;3*1-2H3. The van der Waals surface area contributed by atoms with Crippen LogP contribution < -0.4 is 0 Å². The molecule has 88 valence electrons. The Hall–Kier alpha value is -1.11. The van der Waals surface area contributed by atoms with Crippen molar-refractivity contribution >= 4 is 6.21 Å². The van der Waals surface area contributed by atoms with Gasteiger partial charge in [-0.05, 0) is 5.56 Å². The Balaban J connectivity index is -0.000000208. The lowest BCUT2D eigenvalue weighted by atomic mass is 10.2. The first kappa shape index (κ1) is 19.5. The summed E-state index contributed by atoms with van der Waals surface area (Å²) in [6.45, 7) is 12.0. The largest absolute Gasteiger partial charge is 0.296 e. The number of benzene rings is 1. The third-order valence-electron chi connectivity index (χ3n) is 1.08. The van der Waals surface area contributed by atoms with Crippen molar-refractivity contribution < 1.29 is 0 Å². The van der Waals surface area contributed by atoms with Gasteiger partial charge in [0.25, 0.3) is 0 Å². The van der Waals surface area contributed by atoms with E-state index in [0.29, 0.717) is 0 Å². The van der Waals surface area contributed by atoms with Gasteiger partial charge in [0.1, 0.15) is 0 Å². The maximum Gasteiger partial charge on any atom is 0.0281 e. The minimum atomic E-state index is 1.15. The molecule has 0 aliphatic carbocycles. The van der Waals surface area contributed by atoms with E-state index in [1.165, 1.54) is 0 Å². The molecule has 1 nitrogen and oxygen atoms in total. The van der Waals surface area contributed by atoms with Crippen LogP contribution in [-0.2, 0) is 0 Å². The highest BCUT2D eigenvalue weighted by Crippen LogP contribution is 1.92. The van der Waals surface area contributed by atoms with E-state index in [9.17, 15) is 0 Å². The summed E-state index contributed by atoms with van der Waals surface area (Å²) in [6, 6.07) is 10.0. The molecule has 0 heterocycles. The van der Waals surface area contributed by atoms with E-state index in [4.69, 9.17) is 0 Å². The Morgan fingerprint density at radius 2 is 1.20 bits per heavy atom. The molecule has 1 heteroatoms. The van der Waals surface area contributed by atoms with Gasteiger partial charge in [0.15, 0.2) is 0 Å². The Morgan fingerprint density at radius 3 is 1.53 bits per heavy atom. The highest BCUT2D eigenvalue weighted by atomic mass is 14.6. The number of nitrogens with zero attached hydrogens (tertiary/aromatic N) is 1. The highest BCUT2D eigenvalue weighted by Gasteiger charge is 1.78. The van der Waals surface area contributed by atoms with E-state index in [2.05, 4.69) is 4.99 Å². The lowest BCUT2D eigenvalue weighted by Crippen LogP contribution is -1.75. The van der Waals surface area contributed by atoms with Crippen LogP contribution in [-0.4, -0.2) is 13.3 Å². The second kappa shape index (κ2) is 23.1. The van der Waals surface area contributed by atoms with Crippen molar-refractivity contribution in [2.45, 2.75) is 41.5 Å². The van der Waals surface area contributed by atoms with Crippen molar-refractivity contribution in [1.29, 1.82) is 0 Å². The molecule has 0 unspecified atom stereocenters. The first-order chi connectivity index (χ1) is 7.43. The van der Waals surface area contributed by atoms with Crippen molar-refractivity contribution in [2.75, 3.05) is 7.05 Å². The fraction of sp³-hybridized carbons (Fsp3) is 0.500. The molecule has 0 spiro atoms.